The highest BCUT2D eigenvalue weighted by atomic mass is 16.5. The van der Waals surface area contributed by atoms with Crippen LogP contribution in [0.15, 0.2) is 53.6 Å². The summed E-state index contributed by atoms with van der Waals surface area (Å²) in [4.78, 5) is 4.35. The number of ether oxygens (including phenoxy) is 1. The third-order valence-corrected chi connectivity index (χ3v) is 2.57. The van der Waals surface area contributed by atoms with Gasteiger partial charge in [-0.3, -0.25) is 4.99 Å². The highest BCUT2D eigenvalue weighted by Gasteiger charge is 2.30. The third kappa shape index (κ3) is 2.12. The van der Waals surface area contributed by atoms with Gasteiger partial charge < -0.3 is 4.74 Å². The molecule has 1 unspecified atom stereocenters. The van der Waals surface area contributed by atoms with Gasteiger partial charge in [0.25, 0.3) is 0 Å². The highest BCUT2D eigenvalue weighted by Crippen LogP contribution is 2.27. The topological polar surface area (TPSA) is 21.6 Å². The maximum atomic E-state index is 5.62. The molecule has 2 heteroatoms. The lowest BCUT2D eigenvalue weighted by atomic mass is 10.1. The Morgan fingerprint density at radius 3 is 2.75 bits per heavy atom. The van der Waals surface area contributed by atoms with Crippen molar-refractivity contribution in [3.05, 3.63) is 54.1 Å². The van der Waals surface area contributed by atoms with Gasteiger partial charge in [0.05, 0.1) is 6.61 Å². The van der Waals surface area contributed by atoms with Crippen molar-refractivity contribution in [3.63, 3.8) is 0 Å². The van der Waals surface area contributed by atoms with E-state index in [9.17, 15) is 0 Å². The minimum Gasteiger partial charge on any atom is -0.341 e. The van der Waals surface area contributed by atoms with Gasteiger partial charge in [-0.15, -0.1) is 0 Å². The molecule has 0 bridgehead atoms. The molecular weight excluding hydrogens is 198 g/mol. The molecule has 2 rings (SSSR count). The molecule has 1 aliphatic rings. The van der Waals surface area contributed by atoms with Crippen molar-refractivity contribution in [2.75, 3.05) is 6.61 Å². The Kier molecular flexibility index (Phi) is 3.02. The van der Waals surface area contributed by atoms with Crippen molar-refractivity contribution < 1.29 is 4.74 Å². The smallest absolute Gasteiger partial charge is 0.199 e. The zero-order valence-electron chi connectivity index (χ0n) is 9.39. The van der Waals surface area contributed by atoms with E-state index in [4.69, 9.17) is 4.74 Å². The van der Waals surface area contributed by atoms with Gasteiger partial charge in [-0.05, 0) is 24.1 Å². The van der Waals surface area contributed by atoms with E-state index in [0.717, 1.165) is 11.1 Å². The number of benzene rings is 1. The maximum absolute atomic E-state index is 5.62. The van der Waals surface area contributed by atoms with E-state index in [-0.39, 0.29) is 0 Å². The van der Waals surface area contributed by atoms with Gasteiger partial charge in [0, 0.05) is 6.21 Å². The van der Waals surface area contributed by atoms with Gasteiger partial charge in [-0.1, -0.05) is 43.0 Å². The van der Waals surface area contributed by atoms with E-state index < -0.39 is 5.72 Å². The lowest BCUT2D eigenvalue weighted by Gasteiger charge is -2.21. The van der Waals surface area contributed by atoms with E-state index >= 15 is 0 Å². The molecule has 2 nitrogen and oxygen atoms in total. The fraction of sp³-hybridized carbons (Fsp3) is 0.214. The second-order valence-electron chi connectivity index (χ2n) is 3.84. The van der Waals surface area contributed by atoms with Crippen LogP contribution < -0.4 is 0 Å². The van der Waals surface area contributed by atoms with Crippen molar-refractivity contribution in [2.24, 2.45) is 4.99 Å². The van der Waals surface area contributed by atoms with Crippen LogP contribution in [0, 0.1) is 0 Å². The predicted octanol–water partition coefficient (Wildman–Crippen LogP) is 3.07. The summed E-state index contributed by atoms with van der Waals surface area (Å²) < 4.78 is 5.62. The second-order valence-corrected chi connectivity index (χ2v) is 3.84. The first-order valence-corrected chi connectivity index (χ1v) is 5.31. The van der Waals surface area contributed by atoms with Crippen LogP contribution in [0.4, 0.5) is 0 Å². The van der Waals surface area contributed by atoms with Crippen LogP contribution in [0.3, 0.4) is 0 Å². The molecule has 1 aliphatic heterocycles. The van der Waals surface area contributed by atoms with E-state index in [1.165, 1.54) is 0 Å². The zero-order chi connectivity index (χ0) is 11.4. The molecule has 0 aliphatic carbocycles. The molecular formula is C14H15NO. The molecule has 1 heterocycles. The summed E-state index contributed by atoms with van der Waals surface area (Å²) in [6.07, 6.45) is 5.75. The molecule has 0 amide bonds. The van der Waals surface area contributed by atoms with Crippen molar-refractivity contribution >= 4 is 12.3 Å². The minimum atomic E-state index is -0.657. The van der Waals surface area contributed by atoms with Crippen LogP contribution in [0.2, 0.25) is 0 Å². The summed E-state index contributed by atoms with van der Waals surface area (Å²) in [6, 6.07) is 10.1. The maximum Gasteiger partial charge on any atom is 0.199 e. The summed E-state index contributed by atoms with van der Waals surface area (Å²) in [6.45, 7) is 6.41. The number of rotatable bonds is 3. The molecule has 0 radical (unpaired) electrons. The van der Waals surface area contributed by atoms with Crippen molar-refractivity contribution in [1.29, 1.82) is 0 Å². The average molecular weight is 213 g/mol. The van der Waals surface area contributed by atoms with Gasteiger partial charge in [0.1, 0.15) is 0 Å². The first kappa shape index (κ1) is 10.8. The van der Waals surface area contributed by atoms with Gasteiger partial charge in [0.2, 0.25) is 0 Å². The molecule has 1 aromatic rings. The van der Waals surface area contributed by atoms with Crippen LogP contribution in [0.25, 0.3) is 6.08 Å². The minimum absolute atomic E-state index is 0.548. The fourth-order valence-electron chi connectivity index (χ4n) is 1.61. The van der Waals surface area contributed by atoms with Gasteiger partial charge in [-0.2, -0.15) is 0 Å². The fourth-order valence-corrected chi connectivity index (χ4v) is 1.61. The van der Waals surface area contributed by atoms with E-state index in [2.05, 4.69) is 11.6 Å². The molecule has 1 atom stereocenters. The van der Waals surface area contributed by atoms with Crippen LogP contribution in [-0.4, -0.2) is 18.5 Å². The zero-order valence-corrected chi connectivity index (χ0v) is 9.39. The highest BCUT2D eigenvalue weighted by molar-refractivity contribution is 5.64. The summed E-state index contributed by atoms with van der Waals surface area (Å²) in [5.41, 5.74) is 1.37. The lowest BCUT2D eigenvalue weighted by molar-refractivity contribution is 0.0738. The van der Waals surface area contributed by atoms with Gasteiger partial charge >= 0.3 is 0 Å². The van der Waals surface area contributed by atoms with Crippen molar-refractivity contribution in [3.8, 4) is 0 Å². The molecule has 0 saturated heterocycles. The largest absolute Gasteiger partial charge is 0.341 e. The number of hydrogen-bond donors (Lipinski definition) is 0. The molecule has 0 spiro atoms. The quantitative estimate of drug-likeness (QED) is 0.707. The van der Waals surface area contributed by atoms with Gasteiger partial charge in [0.15, 0.2) is 5.72 Å². The number of aliphatic imine (C=N–C) groups is 1. The number of nitrogens with zero attached hydrogens (tertiary/aromatic N) is 1. The third-order valence-electron chi connectivity index (χ3n) is 2.57. The standard InChI is InChI=1S/C14H15NO/c1-12(2)14(15-10-11-16-14)9-8-13-6-4-3-5-7-13/h3-10H,1,11H2,2H3. The molecule has 0 fully saturated rings. The lowest BCUT2D eigenvalue weighted by Crippen LogP contribution is -2.24. The Morgan fingerprint density at radius 2 is 2.19 bits per heavy atom. The Bertz CT molecular complexity index is 433. The Balaban J connectivity index is 2.22. The van der Waals surface area contributed by atoms with Crippen LogP contribution in [-0.2, 0) is 4.74 Å². The van der Waals surface area contributed by atoms with Crippen molar-refractivity contribution in [1.82, 2.24) is 0 Å². The molecule has 0 aromatic heterocycles. The Labute approximate surface area is 96.0 Å². The SMILES string of the molecule is C=C(C)C1(C=Cc2ccccc2)N=CCO1. The van der Waals surface area contributed by atoms with Crippen LogP contribution in [0.5, 0.6) is 0 Å². The van der Waals surface area contributed by atoms with E-state index in [1.807, 2.05) is 49.4 Å². The average Bonchev–Trinajstić information content (AvgIpc) is 2.78. The summed E-state index contributed by atoms with van der Waals surface area (Å²) in [5, 5.41) is 0. The molecule has 16 heavy (non-hydrogen) atoms. The molecule has 1 aromatic carbocycles. The molecule has 0 saturated carbocycles. The first-order valence-electron chi connectivity index (χ1n) is 5.31. The normalized spacial score (nSPS) is 24.1. The second kappa shape index (κ2) is 4.45. The number of hydrogen-bond acceptors (Lipinski definition) is 2. The predicted molar refractivity (Wildman–Crippen MR) is 67.5 cm³/mol. The molecule has 82 valence electrons. The van der Waals surface area contributed by atoms with E-state index in [0.29, 0.717) is 6.61 Å². The monoisotopic (exact) mass is 213 g/mol. The van der Waals surface area contributed by atoms with Gasteiger partial charge in [-0.25, -0.2) is 0 Å². The Hall–Kier alpha value is -1.67. The molecule has 0 N–H and O–H groups in total. The summed E-state index contributed by atoms with van der Waals surface area (Å²) in [7, 11) is 0. The van der Waals surface area contributed by atoms with Crippen LogP contribution in [0.1, 0.15) is 12.5 Å². The first-order chi connectivity index (χ1) is 7.73. The summed E-state index contributed by atoms with van der Waals surface area (Å²) >= 11 is 0. The van der Waals surface area contributed by atoms with Crippen LogP contribution >= 0.6 is 0 Å². The Morgan fingerprint density at radius 1 is 1.44 bits per heavy atom. The van der Waals surface area contributed by atoms with E-state index in [1.54, 1.807) is 6.21 Å². The van der Waals surface area contributed by atoms with Crippen molar-refractivity contribution in [2.45, 2.75) is 12.6 Å². The summed E-state index contributed by atoms with van der Waals surface area (Å²) in [5.74, 6) is 0.